The quantitative estimate of drug-likeness (QED) is 0.300. The number of nitrogens with zero attached hydrogens (tertiary/aromatic N) is 3. The van der Waals surface area contributed by atoms with Crippen LogP contribution in [0.3, 0.4) is 0 Å². The van der Waals surface area contributed by atoms with Gasteiger partial charge in [-0.1, -0.05) is 50.2 Å². The molecule has 284 valence electrons. The van der Waals surface area contributed by atoms with E-state index in [2.05, 4.69) is 38.4 Å². The van der Waals surface area contributed by atoms with Crippen LogP contribution in [0.15, 0.2) is 47.8 Å². The number of carbonyl (C=O) groups excluding carboxylic acids is 5. The zero-order valence-electron chi connectivity index (χ0n) is 31.4. The molecule has 5 amide bonds. The van der Waals surface area contributed by atoms with Crippen LogP contribution in [0.25, 0.3) is 0 Å². The second-order valence-electron chi connectivity index (χ2n) is 14.3. The van der Waals surface area contributed by atoms with E-state index >= 15 is 0 Å². The Morgan fingerprint density at radius 2 is 1.62 bits per heavy atom. The van der Waals surface area contributed by atoms with Gasteiger partial charge in [0, 0.05) is 37.6 Å². The largest absolute Gasteiger partial charge is 0.496 e. The number of likely N-dealkylation sites (N-methyl/N-ethyl adjacent to an activating group) is 1. The average Bonchev–Trinajstić information content (AvgIpc) is 3.81. The molecule has 2 bridgehead atoms. The van der Waals surface area contributed by atoms with Gasteiger partial charge in [-0.15, -0.1) is 11.3 Å². The van der Waals surface area contributed by atoms with Gasteiger partial charge in [-0.3, -0.25) is 28.9 Å². The molecular weight excluding hydrogens is 695 g/mol. The van der Waals surface area contributed by atoms with E-state index in [1.54, 1.807) is 40.3 Å². The number of nitrogens with one attached hydrogen (secondary N) is 4. The van der Waals surface area contributed by atoms with Crippen molar-refractivity contribution < 1.29 is 28.7 Å². The second kappa shape index (κ2) is 17.8. The molecular formula is C39H51N7O6S. The molecule has 0 radical (unpaired) electrons. The van der Waals surface area contributed by atoms with Crippen LogP contribution in [-0.4, -0.2) is 96.2 Å². The van der Waals surface area contributed by atoms with E-state index in [-0.39, 0.29) is 36.5 Å². The fraction of sp³-hybridized carbons (Fsp3) is 0.487. The number of benzene rings is 2. The van der Waals surface area contributed by atoms with Crippen molar-refractivity contribution in [1.29, 1.82) is 0 Å². The number of rotatable bonds is 6. The number of thiazole rings is 1. The first-order chi connectivity index (χ1) is 25.3. The van der Waals surface area contributed by atoms with Crippen LogP contribution in [0.1, 0.15) is 77.9 Å². The normalized spacial score (nSPS) is 22.7. The number of amides is 5. The van der Waals surface area contributed by atoms with Gasteiger partial charge in [-0.2, -0.15) is 0 Å². The van der Waals surface area contributed by atoms with Crippen molar-refractivity contribution in [1.82, 2.24) is 36.1 Å². The highest BCUT2D eigenvalue weighted by molar-refractivity contribution is 7.09. The van der Waals surface area contributed by atoms with Crippen molar-refractivity contribution in [3.05, 3.63) is 80.8 Å². The SMILES string of the molecule is COc1cc2c(cc1CN1CCN(C)C(=O)[C@@H](C)NC(=O)[C@H](C(C)C)NC(=O)[C@H](C)NC(=O)c3csc(n3)[C@H](Cc3ccccc3)NC(=O)C1)CCC2. The fourth-order valence-corrected chi connectivity index (χ4v) is 7.56. The number of hydrogen-bond acceptors (Lipinski definition) is 9. The molecule has 0 spiro atoms. The molecule has 0 saturated heterocycles. The lowest BCUT2D eigenvalue weighted by atomic mass is 10.0. The highest BCUT2D eigenvalue weighted by Crippen LogP contribution is 2.31. The lowest BCUT2D eigenvalue weighted by Crippen LogP contribution is -2.57. The molecule has 5 rings (SSSR count). The van der Waals surface area contributed by atoms with Crippen LogP contribution in [0.5, 0.6) is 5.75 Å². The number of aryl methyl sites for hydroxylation is 2. The van der Waals surface area contributed by atoms with E-state index in [9.17, 15) is 24.0 Å². The van der Waals surface area contributed by atoms with Crippen molar-refractivity contribution in [2.24, 2.45) is 5.92 Å². The van der Waals surface area contributed by atoms with Gasteiger partial charge in [-0.25, -0.2) is 4.98 Å². The van der Waals surface area contributed by atoms with Crippen LogP contribution in [0, 0.1) is 5.92 Å². The van der Waals surface area contributed by atoms with E-state index in [4.69, 9.17) is 4.74 Å². The van der Waals surface area contributed by atoms with Gasteiger partial charge in [0.25, 0.3) is 5.91 Å². The summed E-state index contributed by atoms with van der Waals surface area (Å²) in [6.07, 6.45) is 3.52. The number of aromatic nitrogens is 1. The maximum absolute atomic E-state index is 14.0. The summed E-state index contributed by atoms with van der Waals surface area (Å²) in [6, 6.07) is 10.6. The first-order valence-corrected chi connectivity index (χ1v) is 19.1. The molecule has 1 aromatic heterocycles. The molecule has 53 heavy (non-hydrogen) atoms. The monoisotopic (exact) mass is 745 g/mol. The van der Waals surface area contributed by atoms with Crippen LogP contribution < -0.4 is 26.0 Å². The zero-order valence-corrected chi connectivity index (χ0v) is 32.2. The highest BCUT2D eigenvalue weighted by atomic mass is 32.1. The van der Waals surface area contributed by atoms with Gasteiger partial charge in [-0.05, 0) is 68.2 Å². The average molecular weight is 746 g/mol. The summed E-state index contributed by atoms with van der Waals surface area (Å²) >= 11 is 1.25. The van der Waals surface area contributed by atoms with Crippen LogP contribution in [-0.2, 0) is 45.0 Å². The Labute approximate surface area is 315 Å². The predicted octanol–water partition coefficient (Wildman–Crippen LogP) is 2.78. The molecule has 13 nitrogen and oxygen atoms in total. The van der Waals surface area contributed by atoms with E-state index in [1.807, 2.05) is 35.2 Å². The maximum Gasteiger partial charge on any atom is 0.271 e. The second-order valence-corrected chi connectivity index (χ2v) is 15.2. The number of fused-ring (bicyclic) bond motifs is 3. The Balaban J connectivity index is 1.47. The first-order valence-electron chi connectivity index (χ1n) is 18.2. The highest BCUT2D eigenvalue weighted by Gasteiger charge is 2.31. The van der Waals surface area contributed by atoms with Crippen molar-refractivity contribution >= 4 is 40.9 Å². The molecule has 1 aliphatic carbocycles. The van der Waals surface area contributed by atoms with Crippen molar-refractivity contribution in [3.63, 3.8) is 0 Å². The first kappa shape index (κ1) is 39.4. The molecule has 4 atom stereocenters. The van der Waals surface area contributed by atoms with Gasteiger partial charge in [0.15, 0.2) is 0 Å². The lowest BCUT2D eigenvalue weighted by molar-refractivity contribution is -0.136. The molecule has 14 heteroatoms. The number of carbonyl (C=O) groups is 5. The third kappa shape index (κ3) is 10.2. The summed E-state index contributed by atoms with van der Waals surface area (Å²) < 4.78 is 5.79. The minimum absolute atomic E-state index is 0.0138. The lowest BCUT2D eigenvalue weighted by Gasteiger charge is -2.29. The Bertz CT molecular complexity index is 1800. The predicted molar refractivity (Wildman–Crippen MR) is 202 cm³/mol. The van der Waals surface area contributed by atoms with Crippen LogP contribution >= 0.6 is 11.3 Å². The topological polar surface area (TPSA) is 162 Å². The third-order valence-corrected chi connectivity index (χ3v) is 10.7. The zero-order chi connectivity index (χ0) is 38.2. The Morgan fingerprint density at radius 1 is 0.906 bits per heavy atom. The van der Waals surface area contributed by atoms with Crippen molar-refractivity contribution in [2.45, 2.75) is 84.1 Å². The van der Waals surface area contributed by atoms with Gasteiger partial charge in [0.2, 0.25) is 23.6 Å². The van der Waals surface area contributed by atoms with Gasteiger partial charge >= 0.3 is 0 Å². The van der Waals surface area contributed by atoms with E-state index in [1.165, 1.54) is 34.3 Å². The molecule has 0 fully saturated rings. The summed E-state index contributed by atoms with van der Waals surface area (Å²) in [5, 5.41) is 13.5. The summed E-state index contributed by atoms with van der Waals surface area (Å²) in [6.45, 7) is 7.74. The Morgan fingerprint density at radius 3 is 2.32 bits per heavy atom. The van der Waals surface area contributed by atoms with Gasteiger partial charge < -0.3 is 30.9 Å². The molecule has 3 aromatic rings. The molecule has 4 N–H and O–H groups in total. The summed E-state index contributed by atoms with van der Waals surface area (Å²) in [5.74, 6) is -1.75. The number of hydrogen-bond donors (Lipinski definition) is 4. The van der Waals surface area contributed by atoms with Crippen molar-refractivity contribution in [3.8, 4) is 5.75 Å². The Hall–Kier alpha value is -4.82. The van der Waals surface area contributed by atoms with Crippen LogP contribution in [0.2, 0.25) is 0 Å². The number of methoxy groups -OCH3 is 1. The summed E-state index contributed by atoms with van der Waals surface area (Å²) in [4.78, 5) is 75.5. The van der Waals surface area contributed by atoms with E-state index in [0.717, 1.165) is 36.1 Å². The molecule has 2 heterocycles. The molecule has 0 saturated carbocycles. The smallest absolute Gasteiger partial charge is 0.271 e. The summed E-state index contributed by atoms with van der Waals surface area (Å²) in [5.41, 5.74) is 4.60. The fourth-order valence-electron chi connectivity index (χ4n) is 6.71. The molecule has 0 unspecified atom stereocenters. The maximum atomic E-state index is 14.0. The third-order valence-electron chi connectivity index (χ3n) is 9.77. The Kier molecular flexibility index (Phi) is 13.2. The summed E-state index contributed by atoms with van der Waals surface area (Å²) in [7, 11) is 3.31. The van der Waals surface area contributed by atoms with E-state index < -0.39 is 41.9 Å². The molecule has 1 aliphatic heterocycles. The minimum atomic E-state index is -0.990. The van der Waals surface area contributed by atoms with Gasteiger partial charge in [0.05, 0.1) is 19.7 Å². The standard InChI is InChI=1S/C39H51N7O6S/c1-23(2)34-37(50)41-25(4)39(51)45(5)15-16-46(20-29-18-27-13-10-14-28(27)19-32(29)52-6)21-33(47)42-30(17-26-11-8-7-9-12-26)38-43-31(22-53-38)36(49)40-24(3)35(48)44-34/h7-9,11-12,18-19,22-25,30,34H,10,13-17,20-21H2,1-6H3,(H,40,49)(H,41,50)(H,42,47)(H,44,48)/t24-,25+,30-,34-/m0/s1. The van der Waals surface area contributed by atoms with E-state index in [0.29, 0.717) is 24.5 Å². The molecule has 2 aromatic carbocycles. The number of ether oxygens (including phenoxy) is 1. The molecule has 2 aliphatic rings. The van der Waals surface area contributed by atoms with Crippen LogP contribution in [0.4, 0.5) is 0 Å². The minimum Gasteiger partial charge on any atom is -0.496 e. The van der Waals surface area contributed by atoms with Crippen molar-refractivity contribution in [2.75, 3.05) is 33.8 Å². The van der Waals surface area contributed by atoms with Gasteiger partial charge in [0.1, 0.15) is 34.6 Å².